The van der Waals surface area contributed by atoms with Crippen molar-refractivity contribution >= 4 is 0 Å². The van der Waals surface area contributed by atoms with Crippen molar-refractivity contribution in [2.75, 3.05) is 52.9 Å². The Balaban J connectivity index is 1.22. The summed E-state index contributed by atoms with van der Waals surface area (Å²) in [6.07, 6.45) is 6.91. The van der Waals surface area contributed by atoms with Gasteiger partial charge in [-0.05, 0) is 88.3 Å². The van der Waals surface area contributed by atoms with Crippen LogP contribution in [0.4, 0.5) is 0 Å². The van der Waals surface area contributed by atoms with Gasteiger partial charge < -0.3 is 9.80 Å². The van der Waals surface area contributed by atoms with Crippen molar-refractivity contribution in [1.82, 2.24) is 14.7 Å². The van der Waals surface area contributed by atoms with Gasteiger partial charge in [0, 0.05) is 26.2 Å². The summed E-state index contributed by atoms with van der Waals surface area (Å²) < 4.78 is 0. The van der Waals surface area contributed by atoms with E-state index in [9.17, 15) is 0 Å². The quantitative estimate of drug-likeness (QED) is 0.812. The SMILES string of the molecule is CN1CCCN(C[C@H]2C[C@H](c3ccc(CN4CCCC4)cc3)C2)CC1. The largest absolute Gasteiger partial charge is 0.305 e. The summed E-state index contributed by atoms with van der Waals surface area (Å²) in [4.78, 5) is 7.78. The van der Waals surface area contributed by atoms with Gasteiger partial charge >= 0.3 is 0 Å². The summed E-state index contributed by atoms with van der Waals surface area (Å²) in [5.41, 5.74) is 3.08. The third-order valence-corrected chi connectivity index (χ3v) is 6.62. The van der Waals surface area contributed by atoms with Gasteiger partial charge in [0.15, 0.2) is 0 Å². The molecule has 3 aliphatic rings. The predicted octanol–water partition coefficient (Wildman–Crippen LogP) is 3.41. The molecule has 0 amide bonds. The molecule has 1 aromatic rings. The standard InChI is InChI=1S/C22H35N3/c1-23-9-4-12-25(14-13-23)18-20-15-22(16-20)21-7-5-19(6-8-21)17-24-10-2-3-11-24/h5-8,20,22H,2-4,9-18H2,1H3/t20-,22-. The molecule has 0 unspecified atom stereocenters. The lowest BCUT2D eigenvalue weighted by molar-refractivity contribution is 0.162. The van der Waals surface area contributed by atoms with Crippen molar-refractivity contribution in [3.63, 3.8) is 0 Å². The molecule has 4 rings (SSSR count). The summed E-state index contributed by atoms with van der Waals surface area (Å²) in [5, 5.41) is 0. The van der Waals surface area contributed by atoms with Gasteiger partial charge in [0.2, 0.25) is 0 Å². The van der Waals surface area contributed by atoms with Crippen LogP contribution < -0.4 is 0 Å². The maximum Gasteiger partial charge on any atom is 0.0233 e. The summed E-state index contributed by atoms with van der Waals surface area (Å²) in [7, 11) is 2.26. The zero-order chi connectivity index (χ0) is 17.1. The Bertz CT molecular complexity index is 529. The zero-order valence-electron chi connectivity index (χ0n) is 16.0. The number of nitrogens with zero attached hydrogens (tertiary/aromatic N) is 3. The highest BCUT2D eigenvalue weighted by atomic mass is 15.2. The average molecular weight is 342 g/mol. The van der Waals surface area contributed by atoms with Gasteiger partial charge in [-0.1, -0.05) is 24.3 Å². The number of hydrogen-bond acceptors (Lipinski definition) is 3. The van der Waals surface area contributed by atoms with E-state index in [-0.39, 0.29) is 0 Å². The number of likely N-dealkylation sites (tertiary alicyclic amines) is 1. The van der Waals surface area contributed by atoms with Crippen LogP contribution >= 0.6 is 0 Å². The van der Waals surface area contributed by atoms with Crippen LogP contribution in [-0.2, 0) is 6.54 Å². The maximum atomic E-state index is 2.71. The number of benzene rings is 1. The molecule has 25 heavy (non-hydrogen) atoms. The predicted molar refractivity (Wildman–Crippen MR) is 105 cm³/mol. The molecule has 1 aliphatic carbocycles. The van der Waals surface area contributed by atoms with E-state index in [1.165, 1.54) is 83.5 Å². The molecule has 3 heteroatoms. The van der Waals surface area contributed by atoms with Crippen molar-refractivity contribution in [1.29, 1.82) is 0 Å². The van der Waals surface area contributed by atoms with Gasteiger partial charge in [0.05, 0.1) is 0 Å². The molecular weight excluding hydrogens is 306 g/mol. The van der Waals surface area contributed by atoms with Crippen LogP contribution in [0.25, 0.3) is 0 Å². The van der Waals surface area contributed by atoms with Crippen molar-refractivity contribution in [2.45, 2.75) is 44.6 Å². The summed E-state index contributed by atoms with van der Waals surface area (Å²) >= 11 is 0. The van der Waals surface area contributed by atoms with Crippen LogP contribution in [0.15, 0.2) is 24.3 Å². The summed E-state index contributed by atoms with van der Waals surface area (Å²) in [6.45, 7) is 10.1. The monoisotopic (exact) mass is 341 g/mol. The van der Waals surface area contributed by atoms with Gasteiger partial charge in [0.25, 0.3) is 0 Å². The molecule has 138 valence electrons. The fourth-order valence-electron chi connectivity index (χ4n) is 4.90. The number of rotatable bonds is 5. The molecule has 3 nitrogen and oxygen atoms in total. The minimum Gasteiger partial charge on any atom is -0.305 e. The van der Waals surface area contributed by atoms with Crippen LogP contribution in [-0.4, -0.2) is 67.6 Å². The first-order valence-electron chi connectivity index (χ1n) is 10.5. The minimum atomic E-state index is 0.820. The lowest BCUT2D eigenvalue weighted by Crippen LogP contribution is -2.37. The Morgan fingerprint density at radius 1 is 0.800 bits per heavy atom. The topological polar surface area (TPSA) is 9.72 Å². The highest BCUT2D eigenvalue weighted by Crippen LogP contribution is 2.42. The van der Waals surface area contributed by atoms with Crippen molar-refractivity contribution in [3.05, 3.63) is 35.4 Å². The van der Waals surface area contributed by atoms with Gasteiger partial charge in [-0.25, -0.2) is 0 Å². The van der Waals surface area contributed by atoms with Gasteiger partial charge in [-0.3, -0.25) is 4.90 Å². The fraction of sp³-hybridized carbons (Fsp3) is 0.727. The Kier molecular flexibility index (Phi) is 5.74. The molecular formula is C22H35N3. The molecule has 3 fully saturated rings. The van der Waals surface area contributed by atoms with Gasteiger partial charge in [0.1, 0.15) is 0 Å². The zero-order valence-corrected chi connectivity index (χ0v) is 16.0. The molecule has 0 spiro atoms. The normalized spacial score (nSPS) is 29.5. The van der Waals surface area contributed by atoms with E-state index in [0.717, 1.165) is 18.4 Å². The highest BCUT2D eigenvalue weighted by molar-refractivity contribution is 5.27. The second kappa shape index (κ2) is 8.20. The lowest BCUT2D eigenvalue weighted by atomic mass is 9.71. The Labute approximate surface area is 154 Å². The van der Waals surface area contributed by atoms with Crippen molar-refractivity contribution in [2.24, 2.45) is 5.92 Å². The second-order valence-electron chi connectivity index (χ2n) is 8.72. The smallest absolute Gasteiger partial charge is 0.0233 e. The third kappa shape index (κ3) is 4.64. The Morgan fingerprint density at radius 3 is 2.28 bits per heavy atom. The number of hydrogen-bond donors (Lipinski definition) is 0. The first-order chi connectivity index (χ1) is 12.3. The molecule has 0 atom stereocenters. The molecule has 2 aliphatic heterocycles. The van der Waals surface area contributed by atoms with E-state index in [4.69, 9.17) is 0 Å². The first-order valence-corrected chi connectivity index (χ1v) is 10.5. The fourth-order valence-corrected chi connectivity index (χ4v) is 4.90. The van der Waals surface area contributed by atoms with E-state index in [1.807, 2.05) is 0 Å². The van der Waals surface area contributed by atoms with E-state index >= 15 is 0 Å². The van der Waals surface area contributed by atoms with E-state index in [0.29, 0.717) is 0 Å². The first kappa shape index (κ1) is 17.5. The Morgan fingerprint density at radius 2 is 1.52 bits per heavy atom. The highest BCUT2D eigenvalue weighted by Gasteiger charge is 2.31. The lowest BCUT2D eigenvalue weighted by Gasteiger charge is -2.39. The van der Waals surface area contributed by atoms with Crippen LogP contribution in [0.2, 0.25) is 0 Å². The molecule has 2 saturated heterocycles. The van der Waals surface area contributed by atoms with Crippen molar-refractivity contribution in [3.8, 4) is 0 Å². The summed E-state index contributed by atoms with van der Waals surface area (Å²) in [6, 6.07) is 9.58. The molecule has 2 heterocycles. The van der Waals surface area contributed by atoms with Crippen LogP contribution in [0, 0.1) is 5.92 Å². The maximum absolute atomic E-state index is 2.71. The third-order valence-electron chi connectivity index (χ3n) is 6.62. The van der Waals surface area contributed by atoms with Crippen LogP contribution in [0.5, 0.6) is 0 Å². The number of likely N-dealkylation sites (N-methyl/N-ethyl adjacent to an activating group) is 1. The molecule has 1 saturated carbocycles. The molecule has 1 aromatic carbocycles. The molecule has 0 radical (unpaired) electrons. The van der Waals surface area contributed by atoms with E-state index < -0.39 is 0 Å². The summed E-state index contributed by atoms with van der Waals surface area (Å²) in [5.74, 6) is 1.75. The molecule has 0 bridgehead atoms. The minimum absolute atomic E-state index is 0.820. The van der Waals surface area contributed by atoms with Gasteiger partial charge in [-0.15, -0.1) is 0 Å². The van der Waals surface area contributed by atoms with Crippen LogP contribution in [0.3, 0.4) is 0 Å². The van der Waals surface area contributed by atoms with E-state index in [1.54, 1.807) is 5.56 Å². The second-order valence-corrected chi connectivity index (χ2v) is 8.72. The van der Waals surface area contributed by atoms with Gasteiger partial charge in [-0.2, -0.15) is 0 Å². The molecule has 0 aromatic heterocycles. The molecule has 0 N–H and O–H groups in total. The average Bonchev–Trinajstić information content (AvgIpc) is 3.00. The van der Waals surface area contributed by atoms with E-state index in [2.05, 4.69) is 46.0 Å². The Hall–Kier alpha value is -0.900. The van der Waals surface area contributed by atoms with Crippen molar-refractivity contribution < 1.29 is 0 Å². The van der Waals surface area contributed by atoms with Crippen LogP contribution in [0.1, 0.15) is 49.1 Å².